The van der Waals surface area contributed by atoms with Gasteiger partial charge in [-0.25, -0.2) is 8.42 Å². The minimum atomic E-state index is -4.22. The Labute approximate surface area is 253 Å². The molecule has 0 aliphatic heterocycles. The molecule has 0 saturated carbocycles. The van der Waals surface area contributed by atoms with E-state index >= 15 is 0 Å². The van der Waals surface area contributed by atoms with Gasteiger partial charge in [0.05, 0.1) is 29.8 Å². The summed E-state index contributed by atoms with van der Waals surface area (Å²) in [5.74, 6) is 0.0352. The average Bonchev–Trinajstić information content (AvgIpc) is 2.95. The molecule has 11 heteroatoms. The molecule has 0 bridgehead atoms. The zero-order chi connectivity index (χ0) is 31.1. The molecule has 0 heterocycles. The first-order valence-electron chi connectivity index (χ1n) is 13.5. The number of anilines is 1. The van der Waals surface area contributed by atoms with Crippen molar-refractivity contribution in [1.29, 1.82) is 0 Å². The van der Waals surface area contributed by atoms with Gasteiger partial charge in [-0.2, -0.15) is 0 Å². The van der Waals surface area contributed by atoms with Crippen LogP contribution in [0.4, 0.5) is 5.69 Å². The fraction of sp³-hybridized carbons (Fsp3) is 0.355. The van der Waals surface area contributed by atoms with Crippen LogP contribution >= 0.6 is 11.6 Å². The Morgan fingerprint density at radius 3 is 2.21 bits per heavy atom. The van der Waals surface area contributed by atoms with E-state index in [2.05, 4.69) is 5.32 Å². The molecule has 0 saturated heterocycles. The molecular formula is C31H38ClN3O6S. The number of nitrogens with zero attached hydrogens (tertiary/aromatic N) is 2. The van der Waals surface area contributed by atoms with Gasteiger partial charge in [0, 0.05) is 12.1 Å². The van der Waals surface area contributed by atoms with Crippen LogP contribution in [-0.2, 0) is 26.2 Å². The van der Waals surface area contributed by atoms with Crippen molar-refractivity contribution in [2.24, 2.45) is 0 Å². The van der Waals surface area contributed by atoms with Gasteiger partial charge in [0.2, 0.25) is 11.8 Å². The SMILES string of the molecule is CC[C@H](C(=O)NC(C)(C)C)N(Cc1cccc(OC)c1)C(=O)CN(c1ccc(OC)c(Cl)c1)S(=O)(=O)c1ccccc1. The topological polar surface area (TPSA) is 105 Å². The smallest absolute Gasteiger partial charge is 0.264 e. The van der Waals surface area contributed by atoms with E-state index in [9.17, 15) is 18.0 Å². The van der Waals surface area contributed by atoms with Crippen molar-refractivity contribution < 1.29 is 27.5 Å². The third-order valence-electron chi connectivity index (χ3n) is 6.40. The van der Waals surface area contributed by atoms with Gasteiger partial charge in [-0.1, -0.05) is 48.9 Å². The fourth-order valence-electron chi connectivity index (χ4n) is 4.40. The summed E-state index contributed by atoms with van der Waals surface area (Å²) in [7, 11) is -1.23. The standard InChI is InChI=1S/C31H38ClN3O6S/c1-7-27(30(37)33-31(2,3)4)34(20-22-12-11-13-24(18-22)40-5)29(36)21-35(23-16-17-28(41-6)26(32)19-23)42(38,39)25-14-9-8-10-15-25/h8-19,27H,7,20-21H2,1-6H3,(H,33,37)/t27-/m1/s1. The number of amides is 2. The first-order chi connectivity index (χ1) is 19.8. The third-order valence-corrected chi connectivity index (χ3v) is 8.49. The number of nitrogens with one attached hydrogen (secondary N) is 1. The Kier molecular flexibility index (Phi) is 10.9. The van der Waals surface area contributed by atoms with Crippen molar-refractivity contribution in [2.45, 2.75) is 57.1 Å². The van der Waals surface area contributed by atoms with Crippen LogP contribution in [0.2, 0.25) is 5.02 Å². The van der Waals surface area contributed by atoms with Crippen LogP contribution in [0.25, 0.3) is 0 Å². The Morgan fingerprint density at radius 1 is 0.952 bits per heavy atom. The predicted molar refractivity (Wildman–Crippen MR) is 164 cm³/mol. The van der Waals surface area contributed by atoms with Gasteiger partial charge in [-0.05, 0) is 75.2 Å². The number of ether oxygens (including phenoxy) is 2. The molecule has 0 spiro atoms. The number of benzene rings is 3. The molecule has 226 valence electrons. The van der Waals surface area contributed by atoms with Gasteiger partial charge in [0.15, 0.2) is 0 Å². The van der Waals surface area contributed by atoms with Crippen molar-refractivity contribution in [2.75, 3.05) is 25.1 Å². The molecule has 9 nitrogen and oxygen atoms in total. The second-order valence-electron chi connectivity index (χ2n) is 10.7. The number of halogens is 1. The van der Waals surface area contributed by atoms with E-state index in [-0.39, 0.29) is 28.1 Å². The second-order valence-corrected chi connectivity index (χ2v) is 12.9. The van der Waals surface area contributed by atoms with Gasteiger partial charge < -0.3 is 19.7 Å². The van der Waals surface area contributed by atoms with Crippen molar-refractivity contribution >= 4 is 39.1 Å². The number of sulfonamides is 1. The second kappa shape index (κ2) is 13.9. The van der Waals surface area contributed by atoms with E-state index < -0.39 is 34.1 Å². The summed E-state index contributed by atoms with van der Waals surface area (Å²) in [5.41, 5.74) is 0.346. The first kappa shape index (κ1) is 32.8. The maximum Gasteiger partial charge on any atom is 0.264 e. The summed E-state index contributed by atoms with van der Waals surface area (Å²) in [6.07, 6.45) is 0.303. The van der Waals surface area contributed by atoms with Crippen LogP contribution in [0.1, 0.15) is 39.7 Å². The summed E-state index contributed by atoms with van der Waals surface area (Å²) in [4.78, 5) is 29.1. The van der Waals surface area contributed by atoms with Crippen LogP contribution in [0.15, 0.2) is 77.7 Å². The summed E-state index contributed by atoms with van der Waals surface area (Å²) < 4.78 is 39.5. The third kappa shape index (κ3) is 8.17. The number of hydrogen-bond acceptors (Lipinski definition) is 6. The zero-order valence-electron chi connectivity index (χ0n) is 24.8. The summed E-state index contributed by atoms with van der Waals surface area (Å²) in [6.45, 7) is 6.84. The maximum atomic E-state index is 14.2. The van der Waals surface area contributed by atoms with E-state index in [1.807, 2.05) is 26.8 Å². The molecule has 3 aromatic carbocycles. The number of rotatable bonds is 12. The van der Waals surface area contributed by atoms with Crippen molar-refractivity contribution in [3.63, 3.8) is 0 Å². The highest BCUT2D eigenvalue weighted by atomic mass is 35.5. The minimum Gasteiger partial charge on any atom is -0.497 e. The van der Waals surface area contributed by atoms with Gasteiger partial charge in [-0.3, -0.25) is 13.9 Å². The minimum absolute atomic E-state index is 0.00148. The number of carbonyl (C=O) groups is 2. The molecule has 0 aliphatic rings. The van der Waals surface area contributed by atoms with E-state index in [0.717, 1.165) is 9.87 Å². The van der Waals surface area contributed by atoms with Crippen LogP contribution in [0.3, 0.4) is 0 Å². The summed E-state index contributed by atoms with van der Waals surface area (Å²) in [5, 5.41) is 3.13. The van der Waals surface area contributed by atoms with E-state index in [4.69, 9.17) is 21.1 Å². The molecule has 42 heavy (non-hydrogen) atoms. The van der Waals surface area contributed by atoms with Crippen molar-refractivity contribution in [3.05, 3.63) is 83.4 Å². The van der Waals surface area contributed by atoms with Gasteiger partial charge >= 0.3 is 0 Å². The molecule has 1 atom stereocenters. The lowest BCUT2D eigenvalue weighted by Gasteiger charge is -2.35. The Balaban J connectivity index is 2.10. The highest BCUT2D eigenvalue weighted by Gasteiger charge is 2.34. The summed E-state index contributed by atoms with van der Waals surface area (Å²) in [6, 6.07) is 18.6. The molecule has 2 amide bonds. The molecule has 0 fully saturated rings. The molecule has 1 N–H and O–H groups in total. The predicted octanol–water partition coefficient (Wildman–Crippen LogP) is 5.27. The van der Waals surface area contributed by atoms with E-state index in [1.54, 1.807) is 50.4 Å². The van der Waals surface area contributed by atoms with Gasteiger partial charge in [0.25, 0.3) is 10.0 Å². The largest absolute Gasteiger partial charge is 0.497 e. The highest BCUT2D eigenvalue weighted by Crippen LogP contribution is 2.32. The highest BCUT2D eigenvalue weighted by molar-refractivity contribution is 7.92. The quantitative estimate of drug-likeness (QED) is 0.297. The fourth-order valence-corrected chi connectivity index (χ4v) is 6.08. The number of methoxy groups -OCH3 is 2. The lowest BCUT2D eigenvalue weighted by molar-refractivity contribution is -0.141. The monoisotopic (exact) mass is 615 g/mol. The van der Waals surface area contributed by atoms with Gasteiger partial charge in [0.1, 0.15) is 24.1 Å². The molecular weight excluding hydrogens is 578 g/mol. The first-order valence-corrected chi connectivity index (χ1v) is 15.3. The maximum absolute atomic E-state index is 14.2. The molecule has 0 aromatic heterocycles. The number of carbonyl (C=O) groups excluding carboxylic acids is 2. The van der Waals surface area contributed by atoms with Crippen LogP contribution in [-0.4, -0.2) is 57.5 Å². The molecule has 0 unspecified atom stereocenters. The lowest BCUT2D eigenvalue weighted by Crippen LogP contribution is -2.55. The van der Waals surface area contributed by atoms with Crippen LogP contribution in [0, 0.1) is 0 Å². The summed E-state index contributed by atoms with van der Waals surface area (Å²) >= 11 is 6.37. The van der Waals surface area contributed by atoms with Crippen molar-refractivity contribution in [1.82, 2.24) is 10.2 Å². The average molecular weight is 616 g/mol. The normalized spacial score (nSPS) is 12.3. The molecule has 0 aliphatic carbocycles. The van der Waals surface area contributed by atoms with E-state index in [1.165, 1.54) is 42.3 Å². The van der Waals surface area contributed by atoms with Crippen molar-refractivity contribution in [3.8, 4) is 11.5 Å². The zero-order valence-corrected chi connectivity index (χ0v) is 26.3. The van der Waals surface area contributed by atoms with Crippen LogP contribution < -0.4 is 19.1 Å². The van der Waals surface area contributed by atoms with Gasteiger partial charge in [-0.15, -0.1) is 0 Å². The molecule has 3 aromatic rings. The molecule has 3 rings (SSSR count). The molecule has 0 radical (unpaired) electrons. The lowest BCUT2D eigenvalue weighted by atomic mass is 10.1. The Hall–Kier alpha value is -3.76. The van der Waals surface area contributed by atoms with Crippen LogP contribution in [0.5, 0.6) is 11.5 Å². The van der Waals surface area contributed by atoms with E-state index in [0.29, 0.717) is 17.9 Å². The number of hydrogen-bond donors (Lipinski definition) is 1. The Bertz CT molecular complexity index is 1490. The Morgan fingerprint density at radius 2 is 1.64 bits per heavy atom.